The van der Waals surface area contributed by atoms with Gasteiger partial charge < -0.3 is 5.32 Å². The lowest BCUT2D eigenvalue weighted by Crippen LogP contribution is -2.14. The van der Waals surface area contributed by atoms with Gasteiger partial charge in [-0.3, -0.25) is 4.79 Å². The van der Waals surface area contributed by atoms with E-state index in [2.05, 4.69) is 52.2 Å². The van der Waals surface area contributed by atoms with Gasteiger partial charge in [0, 0.05) is 9.26 Å². The molecule has 0 aliphatic rings. The summed E-state index contributed by atoms with van der Waals surface area (Å²) in [7, 11) is 0. The fourth-order valence-electron chi connectivity index (χ4n) is 2.37. The van der Waals surface area contributed by atoms with Crippen LogP contribution in [-0.2, 0) is 11.2 Å². The van der Waals surface area contributed by atoms with Crippen LogP contribution in [0.2, 0.25) is 0 Å². The highest BCUT2D eigenvalue weighted by molar-refractivity contribution is 14.1. The standard InChI is InChI=1S/C20H16INO/c21-18-10-12-19(13-11-18)22-20(23)14-15-6-8-17(9-7-15)16-4-2-1-3-5-16/h1-13H,14H2,(H,22,23). The average molecular weight is 413 g/mol. The number of carbonyl (C=O) groups excluding carboxylic acids is 1. The van der Waals surface area contributed by atoms with Gasteiger partial charge in [0.05, 0.1) is 6.42 Å². The summed E-state index contributed by atoms with van der Waals surface area (Å²) in [6, 6.07) is 26.1. The Balaban J connectivity index is 1.64. The van der Waals surface area contributed by atoms with Crippen LogP contribution in [0.1, 0.15) is 5.56 Å². The van der Waals surface area contributed by atoms with Crippen molar-refractivity contribution in [3.8, 4) is 11.1 Å². The minimum atomic E-state index is -0.00123. The monoisotopic (exact) mass is 413 g/mol. The lowest BCUT2D eigenvalue weighted by molar-refractivity contribution is -0.115. The number of benzene rings is 3. The van der Waals surface area contributed by atoms with E-state index in [1.807, 2.05) is 54.6 Å². The van der Waals surface area contributed by atoms with E-state index in [1.165, 1.54) is 5.56 Å². The third-order valence-electron chi connectivity index (χ3n) is 3.55. The van der Waals surface area contributed by atoms with Crippen molar-refractivity contribution in [2.45, 2.75) is 6.42 Å². The van der Waals surface area contributed by atoms with E-state index in [0.717, 1.165) is 20.4 Å². The molecule has 0 heterocycles. The van der Waals surface area contributed by atoms with Crippen LogP contribution in [0.25, 0.3) is 11.1 Å². The second-order valence-electron chi connectivity index (χ2n) is 5.29. The maximum atomic E-state index is 12.1. The molecule has 114 valence electrons. The maximum Gasteiger partial charge on any atom is 0.228 e. The molecule has 0 saturated carbocycles. The van der Waals surface area contributed by atoms with Crippen LogP contribution in [-0.4, -0.2) is 5.91 Å². The molecule has 3 heteroatoms. The second kappa shape index (κ2) is 7.42. The maximum absolute atomic E-state index is 12.1. The number of hydrogen-bond acceptors (Lipinski definition) is 1. The van der Waals surface area contributed by atoms with Crippen molar-refractivity contribution >= 4 is 34.2 Å². The summed E-state index contributed by atoms with van der Waals surface area (Å²) < 4.78 is 1.15. The Bertz CT molecular complexity index is 780. The SMILES string of the molecule is O=C(Cc1ccc(-c2ccccc2)cc1)Nc1ccc(I)cc1. The van der Waals surface area contributed by atoms with Crippen molar-refractivity contribution in [1.29, 1.82) is 0 Å². The van der Waals surface area contributed by atoms with Crippen LogP contribution in [0.4, 0.5) is 5.69 Å². The number of carbonyl (C=O) groups is 1. The predicted molar refractivity (Wildman–Crippen MR) is 103 cm³/mol. The number of hydrogen-bond donors (Lipinski definition) is 1. The molecular weight excluding hydrogens is 397 g/mol. The van der Waals surface area contributed by atoms with Crippen LogP contribution in [0.5, 0.6) is 0 Å². The number of rotatable bonds is 4. The largest absolute Gasteiger partial charge is 0.326 e. The molecule has 3 aromatic rings. The Labute approximate surface area is 149 Å². The first kappa shape index (κ1) is 15.7. The first-order valence-electron chi connectivity index (χ1n) is 7.40. The Hall–Kier alpha value is -2.14. The van der Waals surface area contributed by atoms with Gasteiger partial charge in [-0.25, -0.2) is 0 Å². The van der Waals surface area contributed by atoms with Crippen molar-refractivity contribution in [2.75, 3.05) is 5.32 Å². The average Bonchev–Trinajstić information content (AvgIpc) is 2.58. The molecule has 0 atom stereocenters. The Kier molecular flexibility index (Phi) is 5.08. The molecule has 23 heavy (non-hydrogen) atoms. The molecule has 0 fully saturated rings. The summed E-state index contributed by atoms with van der Waals surface area (Å²) in [5.41, 5.74) is 4.18. The topological polar surface area (TPSA) is 29.1 Å². The van der Waals surface area contributed by atoms with Gasteiger partial charge >= 0.3 is 0 Å². The van der Waals surface area contributed by atoms with E-state index < -0.39 is 0 Å². The number of nitrogens with one attached hydrogen (secondary N) is 1. The molecule has 0 unspecified atom stereocenters. The van der Waals surface area contributed by atoms with E-state index in [9.17, 15) is 4.79 Å². The highest BCUT2D eigenvalue weighted by Gasteiger charge is 2.05. The van der Waals surface area contributed by atoms with E-state index in [-0.39, 0.29) is 5.91 Å². The van der Waals surface area contributed by atoms with Crippen LogP contribution in [0, 0.1) is 3.57 Å². The fraction of sp³-hybridized carbons (Fsp3) is 0.0500. The molecule has 0 radical (unpaired) electrons. The zero-order valence-electron chi connectivity index (χ0n) is 12.5. The molecule has 0 aromatic heterocycles. The van der Waals surface area contributed by atoms with Crippen LogP contribution < -0.4 is 5.32 Å². The molecular formula is C20H16INO. The highest BCUT2D eigenvalue weighted by Crippen LogP contribution is 2.19. The van der Waals surface area contributed by atoms with Gasteiger partial charge in [-0.15, -0.1) is 0 Å². The van der Waals surface area contributed by atoms with Crippen LogP contribution >= 0.6 is 22.6 Å². The van der Waals surface area contributed by atoms with E-state index in [0.29, 0.717) is 6.42 Å². The van der Waals surface area contributed by atoms with Crippen molar-refractivity contribution in [3.63, 3.8) is 0 Å². The molecule has 2 nitrogen and oxygen atoms in total. The molecule has 3 rings (SSSR count). The van der Waals surface area contributed by atoms with Gasteiger partial charge in [-0.2, -0.15) is 0 Å². The third kappa shape index (κ3) is 4.42. The lowest BCUT2D eigenvalue weighted by atomic mass is 10.0. The summed E-state index contributed by atoms with van der Waals surface area (Å²) in [5.74, 6) is -0.00123. The summed E-state index contributed by atoms with van der Waals surface area (Å²) in [4.78, 5) is 12.1. The van der Waals surface area contributed by atoms with E-state index in [1.54, 1.807) is 0 Å². The molecule has 0 aliphatic carbocycles. The van der Waals surface area contributed by atoms with Crippen LogP contribution in [0.15, 0.2) is 78.9 Å². The zero-order valence-corrected chi connectivity index (χ0v) is 14.7. The van der Waals surface area contributed by atoms with Crippen molar-refractivity contribution in [3.05, 3.63) is 88.0 Å². The molecule has 1 amide bonds. The number of amides is 1. The van der Waals surface area contributed by atoms with Gasteiger partial charge in [-0.05, 0) is 63.5 Å². The van der Waals surface area contributed by atoms with Gasteiger partial charge in [0.2, 0.25) is 5.91 Å². The van der Waals surface area contributed by atoms with Gasteiger partial charge in [0.1, 0.15) is 0 Å². The normalized spacial score (nSPS) is 10.3. The summed E-state index contributed by atoms with van der Waals surface area (Å²) in [6.07, 6.45) is 0.376. The van der Waals surface area contributed by atoms with Gasteiger partial charge in [-0.1, -0.05) is 54.6 Å². The van der Waals surface area contributed by atoms with Gasteiger partial charge in [0.15, 0.2) is 0 Å². The van der Waals surface area contributed by atoms with Crippen molar-refractivity contribution < 1.29 is 4.79 Å². The lowest BCUT2D eigenvalue weighted by Gasteiger charge is -2.07. The van der Waals surface area contributed by atoms with Crippen molar-refractivity contribution in [2.24, 2.45) is 0 Å². The molecule has 0 bridgehead atoms. The number of halogens is 1. The molecule has 0 spiro atoms. The minimum Gasteiger partial charge on any atom is -0.326 e. The zero-order chi connectivity index (χ0) is 16.1. The first-order chi connectivity index (χ1) is 11.2. The molecule has 1 N–H and O–H groups in total. The van der Waals surface area contributed by atoms with Gasteiger partial charge in [0.25, 0.3) is 0 Å². The second-order valence-corrected chi connectivity index (χ2v) is 6.54. The van der Waals surface area contributed by atoms with Crippen LogP contribution in [0.3, 0.4) is 0 Å². The predicted octanol–water partition coefficient (Wildman–Crippen LogP) is 5.14. The summed E-state index contributed by atoms with van der Waals surface area (Å²) >= 11 is 2.24. The summed E-state index contributed by atoms with van der Waals surface area (Å²) in [6.45, 7) is 0. The highest BCUT2D eigenvalue weighted by atomic mass is 127. The smallest absolute Gasteiger partial charge is 0.228 e. The minimum absolute atomic E-state index is 0.00123. The molecule has 0 aliphatic heterocycles. The van der Waals surface area contributed by atoms with Crippen molar-refractivity contribution in [1.82, 2.24) is 0 Å². The first-order valence-corrected chi connectivity index (χ1v) is 8.48. The summed E-state index contributed by atoms with van der Waals surface area (Å²) in [5, 5.41) is 2.92. The molecule has 3 aromatic carbocycles. The number of anilines is 1. The quantitative estimate of drug-likeness (QED) is 0.590. The molecule has 0 saturated heterocycles. The third-order valence-corrected chi connectivity index (χ3v) is 4.27. The van der Waals surface area contributed by atoms with E-state index in [4.69, 9.17) is 0 Å². The fourth-order valence-corrected chi connectivity index (χ4v) is 2.73. The van der Waals surface area contributed by atoms with E-state index >= 15 is 0 Å². The Morgan fingerprint density at radius 1 is 0.783 bits per heavy atom. The Morgan fingerprint density at radius 3 is 2.04 bits per heavy atom. The Morgan fingerprint density at radius 2 is 1.39 bits per heavy atom.